The van der Waals surface area contributed by atoms with Gasteiger partial charge in [0, 0.05) is 0 Å². The Morgan fingerprint density at radius 3 is 2.20 bits per heavy atom. The molecule has 0 aliphatic rings. The predicted molar refractivity (Wildman–Crippen MR) is 20.2 cm³/mol. The molecule has 0 atom stereocenters. The van der Waals surface area contributed by atoms with Crippen LogP contribution < -0.4 is 0 Å². The van der Waals surface area contributed by atoms with Crippen molar-refractivity contribution in [1.82, 2.24) is 0 Å². The third kappa shape index (κ3) is 4.48. The summed E-state index contributed by atoms with van der Waals surface area (Å²) in [6.07, 6.45) is -4.14. The quantitative estimate of drug-likeness (QED) is 0.453. The molecule has 0 saturated carbocycles. The van der Waals surface area contributed by atoms with Gasteiger partial charge in [0.25, 0.3) is 0 Å². The lowest BCUT2D eigenvalue weighted by molar-refractivity contribution is -0.431. The molecule has 0 N–H and O–H groups in total. The lowest BCUT2D eigenvalue weighted by atomic mass is 11.2. The van der Waals surface area contributed by atoms with Crippen molar-refractivity contribution in [2.24, 2.45) is 0 Å². The molecule has 0 unspecified atom stereocenters. The molecule has 0 aromatic carbocycles. The summed E-state index contributed by atoms with van der Waals surface area (Å²) in [5, 5.41) is 0. The number of hydrogen-bond donors (Lipinski definition) is 0. The van der Waals surface area contributed by atoms with Gasteiger partial charge in [-0.1, -0.05) is 0 Å². The van der Waals surface area contributed by atoms with Crippen LogP contribution in [0.25, 0.3) is 0 Å². The van der Waals surface area contributed by atoms with Crippen molar-refractivity contribution in [3.8, 4) is 0 Å². The lowest BCUT2D eigenvalue weighted by Gasteiger charge is -2.11. The average molecular weight is 164 g/mol. The first-order valence-electron chi connectivity index (χ1n) is 2.07. The summed E-state index contributed by atoms with van der Waals surface area (Å²) in [6.45, 7) is -3.04. The van der Waals surface area contributed by atoms with Gasteiger partial charge in [-0.2, -0.15) is 4.94 Å². The summed E-state index contributed by atoms with van der Waals surface area (Å²) in [4.78, 5) is 2.62. The second-order valence-corrected chi connectivity index (χ2v) is 1.09. The molecule has 0 aromatic heterocycles. The smallest absolute Gasteiger partial charge is 0.265 e. The summed E-state index contributed by atoms with van der Waals surface area (Å²) in [5.41, 5.74) is 0. The fourth-order valence-electron chi connectivity index (χ4n) is 0.196. The number of hydrogen-bond acceptors (Lipinski definition) is 3. The SMILES string of the molecule is FCOC(F)(F)OCOF. The molecule has 0 aliphatic carbocycles. The van der Waals surface area contributed by atoms with Gasteiger partial charge in [-0.25, -0.2) is 4.39 Å². The van der Waals surface area contributed by atoms with E-state index in [2.05, 4.69) is 14.4 Å². The van der Waals surface area contributed by atoms with Gasteiger partial charge < -0.3 is 0 Å². The van der Waals surface area contributed by atoms with Crippen molar-refractivity contribution < 1.29 is 32.1 Å². The summed E-state index contributed by atoms with van der Waals surface area (Å²) in [6, 6.07) is 0. The van der Waals surface area contributed by atoms with Gasteiger partial charge in [0.15, 0.2) is 13.7 Å². The van der Waals surface area contributed by atoms with Crippen molar-refractivity contribution >= 4 is 0 Å². The van der Waals surface area contributed by atoms with Crippen molar-refractivity contribution in [1.29, 1.82) is 0 Å². The number of ether oxygens (including phenoxy) is 2. The van der Waals surface area contributed by atoms with E-state index in [9.17, 15) is 17.7 Å². The second-order valence-electron chi connectivity index (χ2n) is 1.09. The highest BCUT2D eigenvalue weighted by Crippen LogP contribution is 2.16. The van der Waals surface area contributed by atoms with E-state index < -0.39 is 19.9 Å². The Bertz CT molecular complexity index is 87.8. The molecular formula is C3H4F4O3. The maximum Gasteiger partial charge on any atom is 0.489 e. The fraction of sp³-hybridized carbons (Fsp3) is 1.00. The van der Waals surface area contributed by atoms with E-state index in [0.717, 1.165) is 0 Å². The molecule has 0 bridgehead atoms. The van der Waals surface area contributed by atoms with Gasteiger partial charge in [-0.3, -0.25) is 9.47 Å². The molecule has 7 heteroatoms. The first-order chi connectivity index (χ1) is 4.62. The number of alkyl halides is 3. The summed E-state index contributed by atoms with van der Waals surface area (Å²) in [7, 11) is 0. The maximum absolute atomic E-state index is 11.7. The first kappa shape index (κ1) is 9.60. The molecule has 0 fully saturated rings. The Kier molecular flexibility index (Phi) is 4.24. The lowest BCUT2D eigenvalue weighted by Crippen LogP contribution is -2.25. The molecule has 10 heavy (non-hydrogen) atoms. The monoisotopic (exact) mass is 164 g/mol. The normalized spacial score (nSPS) is 12.0. The second kappa shape index (κ2) is 4.42. The molecule has 0 saturated heterocycles. The highest BCUT2D eigenvalue weighted by Gasteiger charge is 2.32. The van der Waals surface area contributed by atoms with E-state index >= 15 is 0 Å². The van der Waals surface area contributed by atoms with E-state index in [1.165, 1.54) is 0 Å². The third-order valence-corrected chi connectivity index (χ3v) is 0.494. The Labute approximate surface area is 53.4 Å². The average Bonchev–Trinajstić information content (AvgIpc) is 1.84. The number of rotatable bonds is 5. The van der Waals surface area contributed by atoms with E-state index in [4.69, 9.17) is 0 Å². The van der Waals surface area contributed by atoms with Crippen LogP contribution in [0.3, 0.4) is 0 Å². The Morgan fingerprint density at radius 1 is 1.20 bits per heavy atom. The zero-order valence-electron chi connectivity index (χ0n) is 4.65. The van der Waals surface area contributed by atoms with E-state index in [-0.39, 0.29) is 0 Å². The van der Waals surface area contributed by atoms with Crippen LogP contribution in [-0.4, -0.2) is 19.9 Å². The van der Waals surface area contributed by atoms with Crippen LogP contribution in [0.4, 0.5) is 17.7 Å². The maximum atomic E-state index is 11.7. The van der Waals surface area contributed by atoms with Gasteiger partial charge in [0.1, 0.15) is 0 Å². The summed E-state index contributed by atoms with van der Waals surface area (Å²) >= 11 is 0. The molecule has 0 radical (unpaired) electrons. The molecule has 0 aromatic rings. The molecular weight excluding hydrogens is 160 g/mol. The number of halogens is 4. The van der Waals surface area contributed by atoms with Crippen LogP contribution in [0.2, 0.25) is 0 Å². The molecule has 0 amide bonds. The molecule has 0 aliphatic heterocycles. The van der Waals surface area contributed by atoms with Crippen molar-refractivity contribution in [3.05, 3.63) is 0 Å². The highest BCUT2D eigenvalue weighted by atomic mass is 19.3. The van der Waals surface area contributed by atoms with Gasteiger partial charge >= 0.3 is 6.29 Å². The highest BCUT2D eigenvalue weighted by molar-refractivity contribution is 4.25. The molecule has 3 nitrogen and oxygen atoms in total. The van der Waals surface area contributed by atoms with Crippen LogP contribution in [0.1, 0.15) is 0 Å². The minimum absolute atomic E-state index is 1.31. The summed E-state index contributed by atoms with van der Waals surface area (Å²) < 4.78 is 51.3. The minimum atomic E-state index is -4.14. The van der Waals surface area contributed by atoms with E-state index in [1.807, 2.05) is 0 Å². The largest absolute Gasteiger partial charge is 0.489 e. The van der Waals surface area contributed by atoms with Crippen LogP contribution in [0.5, 0.6) is 0 Å². The van der Waals surface area contributed by atoms with Crippen molar-refractivity contribution in [2.75, 3.05) is 13.7 Å². The topological polar surface area (TPSA) is 27.7 Å². The van der Waals surface area contributed by atoms with Gasteiger partial charge in [0.05, 0.1) is 0 Å². The Hall–Kier alpha value is -0.400. The molecule has 62 valence electrons. The van der Waals surface area contributed by atoms with Gasteiger partial charge in [0.2, 0.25) is 0 Å². The molecule has 0 heterocycles. The standard InChI is InChI=1S/C3H4F4O3/c4-1-8-3(5,6)9-2-10-7/h1-2H2. The summed E-state index contributed by atoms with van der Waals surface area (Å²) in [5.74, 6) is 0. The predicted octanol–water partition coefficient (Wildman–Crippen LogP) is 1.36. The molecule has 0 spiro atoms. The van der Waals surface area contributed by atoms with Crippen molar-refractivity contribution in [3.63, 3.8) is 0 Å². The molecule has 0 rings (SSSR count). The van der Waals surface area contributed by atoms with E-state index in [0.29, 0.717) is 0 Å². The van der Waals surface area contributed by atoms with Crippen LogP contribution >= 0.6 is 0 Å². The van der Waals surface area contributed by atoms with Gasteiger partial charge in [-0.15, -0.1) is 8.78 Å². The minimum Gasteiger partial charge on any atom is -0.265 e. The zero-order chi connectivity index (χ0) is 8.04. The van der Waals surface area contributed by atoms with Gasteiger partial charge in [-0.05, 0) is 4.53 Å². The zero-order valence-corrected chi connectivity index (χ0v) is 4.65. The Morgan fingerprint density at radius 2 is 1.80 bits per heavy atom. The Balaban J connectivity index is 3.42. The van der Waals surface area contributed by atoms with Crippen LogP contribution in [0, 0.1) is 0 Å². The first-order valence-corrected chi connectivity index (χ1v) is 2.07. The third-order valence-electron chi connectivity index (χ3n) is 0.494. The van der Waals surface area contributed by atoms with Crippen LogP contribution in [0.15, 0.2) is 0 Å². The van der Waals surface area contributed by atoms with E-state index in [1.54, 1.807) is 0 Å². The van der Waals surface area contributed by atoms with Crippen LogP contribution in [-0.2, 0) is 14.4 Å². The fourth-order valence-corrected chi connectivity index (χ4v) is 0.196. The van der Waals surface area contributed by atoms with Crippen molar-refractivity contribution in [2.45, 2.75) is 6.29 Å².